The minimum atomic E-state index is -0.573. The third kappa shape index (κ3) is 5.94. The molecule has 0 aliphatic heterocycles. The van der Waals surface area contributed by atoms with E-state index in [1.54, 1.807) is 30.1 Å². The summed E-state index contributed by atoms with van der Waals surface area (Å²) in [7, 11) is 1.81. The highest BCUT2D eigenvalue weighted by molar-refractivity contribution is 5.91. The van der Waals surface area contributed by atoms with Crippen LogP contribution in [-0.4, -0.2) is 27.6 Å². The van der Waals surface area contributed by atoms with Crippen LogP contribution in [0.5, 0.6) is 11.6 Å². The number of ether oxygens (including phenoxy) is 2. The fourth-order valence-electron chi connectivity index (χ4n) is 2.90. The Hall–Kier alpha value is -3.61. The second-order valence-electron chi connectivity index (χ2n) is 8.01. The number of benzene rings is 2. The van der Waals surface area contributed by atoms with Crippen molar-refractivity contribution in [3.63, 3.8) is 0 Å². The average Bonchev–Trinajstić information content (AvgIpc) is 2.97. The molecule has 162 valence electrons. The zero-order chi connectivity index (χ0) is 22.4. The number of aryl methyl sites for hydroxylation is 2. The highest BCUT2D eigenvalue weighted by Gasteiger charge is 2.20. The summed E-state index contributed by atoms with van der Waals surface area (Å²) < 4.78 is 13.1. The SMILES string of the molecule is Cc1nn(C)c(Oc2ccccc2)c1/C=N/OCc1ccccc1C(=O)OC(C)(C)C. The molecule has 7 heteroatoms. The van der Waals surface area contributed by atoms with Gasteiger partial charge in [-0.15, -0.1) is 0 Å². The Balaban J connectivity index is 1.71. The van der Waals surface area contributed by atoms with Gasteiger partial charge in [0.15, 0.2) is 0 Å². The molecule has 1 heterocycles. The van der Waals surface area contributed by atoms with Crippen LogP contribution in [0, 0.1) is 6.92 Å². The fourth-order valence-corrected chi connectivity index (χ4v) is 2.90. The lowest BCUT2D eigenvalue weighted by molar-refractivity contribution is 0.00649. The monoisotopic (exact) mass is 421 g/mol. The van der Waals surface area contributed by atoms with Gasteiger partial charge in [0.2, 0.25) is 5.88 Å². The number of hydrogen-bond acceptors (Lipinski definition) is 6. The van der Waals surface area contributed by atoms with Gasteiger partial charge in [0, 0.05) is 12.6 Å². The maximum absolute atomic E-state index is 12.5. The summed E-state index contributed by atoms with van der Waals surface area (Å²) in [6.45, 7) is 7.50. The maximum atomic E-state index is 12.5. The molecule has 0 saturated carbocycles. The van der Waals surface area contributed by atoms with Gasteiger partial charge in [-0.1, -0.05) is 41.6 Å². The Morgan fingerprint density at radius 3 is 2.48 bits per heavy atom. The molecule has 0 fully saturated rings. The third-order valence-corrected chi connectivity index (χ3v) is 4.28. The van der Waals surface area contributed by atoms with Crippen LogP contribution in [0.3, 0.4) is 0 Å². The standard InChI is InChI=1S/C24H27N3O4/c1-17-21(22(27(5)26-17)30-19-12-7-6-8-13-19)15-25-29-16-18-11-9-10-14-20(18)23(28)31-24(2,3)4/h6-15H,16H2,1-5H3/b25-15+. The molecule has 0 radical (unpaired) electrons. The van der Waals surface area contributed by atoms with Gasteiger partial charge in [-0.25, -0.2) is 9.48 Å². The predicted octanol–water partition coefficient (Wildman–Crippen LogP) is 5.03. The molecular formula is C24H27N3O4. The number of carbonyl (C=O) groups excluding carboxylic acids is 1. The summed E-state index contributed by atoms with van der Waals surface area (Å²) in [6, 6.07) is 16.6. The first-order valence-corrected chi connectivity index (χ1v) is 9.97. The van der Waals surface area contributed by atoms with Gasteiger partial charge in [0.05, 0.1) is 23.0 Å². The summed E-state index contributed by atoms with van der Waals surface area (Å²) in [6.07, 6.45) is 1.57. The lowest BCUT2D eigenvalue weighted by Gasteiger charge is -2.20. The van der Waals surface area contributed by atoms with Gasteiger partial charge >= 0.3 is 5.97 Å². The second-order valence-corrected chi connectivity index (χ2v) is 8.01. The van der Waals surface area contributed by atoms with Crippen LogP contribution in [0.4, 0.5) is 0 Å². The van der Waals surface area contributed by atoms with Crippen molar-refractivity contribution in [2.75, 3.05) is 0 Å². The lowest BCUT2D eigenvalue weighted by Crippen LogP contribution is -2.24. The van der Waals surface area contributed by atoms with Gasteiger partial charge in [-0.3, -0.25) is 0 Å². The Labute approximate surface area is 182 Å². The molecule has 0 spiro atoms. The van der Waals surface area contributed by atoms with E-state index in [0.717, 1.165) is 5.69 Å². The number of hydrogen-bond donors (Lipinski definition) is 0. The van der Waals surface area contributed by atoms with Crippen molar-refractivity contribution in [2.45, 2.75) is 39.9 Å². The topological polar surface area (TPSA) is 74.9 Å². The molecule has 0 N–H and O–H groups in total. The number of esters is 1. The summed E-state index contributed by atoms with van der Waals surface area (Å²) in [5, 5.41) is 8.48. The van der Waals surface area contributed by atoms with E-state index in [1.807, 2.05) is 70.2 Å². The van der Waals surface area contributed by atoms with E-state index in [0.29, 0.717) is 28.3 Å². The summed E-state index contributed by atoms with van der Waals surface area (Å²) in [5.74, 6) is 0.870. The van der Waals surface area contributed by atoms with Crippen LogP contribution >= 0.6 is 0 Å². The Kier molecular flexibility index (Phi) is 6.74. The molecule has 0 atom stereocenters. The van der Waals surface area contributed by atoms with Crippen molar-refractivity contribution in [2.24, 2.45) is 12.2 Å². The van der Waals surface area contributed by atoms with E-state index < -0.39 is 11.6 Å². The molecule has 1 aromatic heterocycles. The molecule has 2 aromatic carbocycles. The van der Waals surface area contributed by atoms with Crippen molar-refractivity contribution in [1.82, 2.24) is 9.78 Å². The van der Waals surface area contributed by atoms with Crippen molar-refractivity contribution in [1.29, 1.82) is 0 Å². The zero-order valence-electron chi connectivity index (χ0n) is 18.5. The van der Waals surface area contributed by atoms with Crippen LogP contribution < -0.4 is 4.74 Å². The van der Waals surface area contributed by atoms with Gasteiger partial charge in [-0.2, -0.15) is 5.10 Å². The van der Waals surface area contributed by atoms with Crippen molar-refractivity contribution < 1.29 is 19.1 Å². The Morgan fingerprint density at radius 1 is 1.10 bits per heavy atom. The van der Waals surface area contributed by atoms with E-state index in [9.17, 15) is 4.79 Å². The van der Waals surface area contributed by atoms with Crippen LogP contribution in [0.25, 0.3) is 0 Å². The van der Waals surface area contributed by atoms with Crippen LogP contribution in [0.15, 0.2) is 59.8 Å². The van der Waals surface area contributed by atoms with Crippen molar-refractivity contribution in [3.05, 3.63) is 77.0 Å². The Bertz CT molecular complexity index is 1070. The lowest BCUT2D eigenvalue weighted by atomic mass is 10.1. The molecular weight excluding hydrogens is 394 g/mol. The highest BCUT2D eigenvalue weighted by atomic mass is 16.6. The van der Waals surface area contributed by atoms with E-state index >= 15 is 0 Å². The molecule has 0 bridgehead atoms. The van der Waals surface area contributed by atoms with Crippen molar-refractivity contribution >= 4 is 12.2 Å². The van der Waals surface area contributed by atoms with Crippen LogP contribution in [0.1, 0.15) is 48.0 Å². The number of carbonyl (C=O) groups is 1. The molecule has 3 aromatic rings. The second kappa shape index (κ2) is 9.47. The summed E-state index contributed by atoms with van der Waals surface area (Å²) in [4.78, 5) is 17.9. The Morgan fingerprint density at radius 2 is 1.77 bits per heavy atom. The zero-order valence-corrected chi connectivity index (χ0v) is 18.5. The largest absolute Gasteiger partial charge is 0.456 e. The molecule has 31 heavy (non-hydrogen) atoms. The molecule has 7 nitrogen and oxygen atoms in total. The molecule has 0 aliphatic carbocycles. The summed E-state index contributed by atoms with van der Waals surface area (Å²) >= 11 is 0. The van der Waals surface area contributed by atoms with E-state index in [4.69, 9.17) is 14.3 Å². The normalized spacial score (nSPS) is 11.5. The van der Waals surface area contributed by atoms with E-state index in [-0.39, 0.29) is 6.61 Å². The number of para-hydroxylation sites is 1. The minimum Gasteiger partial charge on any atom is -0.456 e. The van der Waals surface area contributed by atoms with Crippen LogP contribution in [-0.2, 0) is 23.2 Å². The van der Waals surface area contributed by atoms with Gasteiger partial charge in [0.1, 0.15) is 18.0 Å². The first-order chi connectivity index (χ1) is 14.7. The predicted molar refractivity (Wildman–Crippen MR) is 118 cm³/mol. The number of oxime groups is 1. The average molecular weight is 421 g/mol. The fraction of sp³-hybridized carbons (Fsp3) is 0.292. The highest BCUT2D eigenvalue weighted by Crippen LogP contribution is 2.26. The molecule has 3 rings (SSSR count). The maximum Gasteiger partial charge on any atom is 0.339 e. The molecule has 0 unspecified atom stereocenters. The molecule has 0 saturated heterocycles. The van der Waals surface area contributed by atoms with E-state index in [2.05, 4.69) is 10.3 Å². The quantitative estimate of drug-likeness (QED) is 0.304. The number of rotatable bonds is 7. The van der Waals surface area contributed by atoms with E-state index in [1.165, 1.54) is 0 Å². The minimum absolute atomic E-state index is 0.125. The smallest absolute Gasteiger partial charge is 0.339 e. The third-order valence-electron chi connectivity index (χ3n) is 4.28. The van der Waals surface area contributed by atoms with Crippen molar-refractivity contribution in [3.8, 4) is 11.6 Å². The van der Waals surface area contributed by atoms with Gasteiger partial charge in [-0.05, 0) is 45.9 Å². The number of nitrogens with zero attached hydrogens (tertiary/aromatic N) is 3. The first kappa shape index (κ1) is 22.1. The van der Waals surface area contributed by atoms with Gasteiger partial charge in [0.25, 0.3) is 0 Å². The van der Waals surface area contributed by atoms with Crippen LogP contribution in [0.2, 0.25) is 0 Å². The van der Waals surface area contributed by atoms with Gasteiger partial charge < -0.3 is 14.3 Å². The molecule has 0 amide bonds. The number of aromatic nitrogens is 2. The first-order valence-electron chi connectivity index (χ1n) is 9.97. The molecule has 0 aliphatic rings. The summed E-state index contributed by atoms with van der Waals surface area (Å²) in [5.41, 5.74) is 2.05.